The minimum absolute atomic E-state index is 0.704. The largest absolute Gasteiger partial charge is 0.381 e. The molecule has 0 spiro atoms. The van der Waals surface area contributed by atoms with Gasteiger partial charge in [-0.2, -0.15) is 0 Å². The molecule has 2 N–H and O–H groups in total. The summed E-state index contributed by atoms with van der Waals surface area (Å²) in [5.74, 6) is 1.69. The van der Waals surface area contributed by atoms with Gasteiger partial charge in [0.15, 0.2) is 0 Å². The van der Waals surface area contributed by atoms with Gasteiger partial charge in [-0.25, -0.2) is 4.98 Å². The van der Waals surface area contributed by atoms with Crippen LogP contribution in [0.5, 0.6) is 0 Å². The van der Waals surface area contributed by atoms with E-state index in [9.17, 15) is 0 Å². The molecule has 1 aromatic carbocycles. The summed E-state index contributed by atoms with van der Waals surface area (Å²) in [5, 5.41) is 9.67. The number of hydrogen-bond acceptors (Lipinski definition) is 5. The number of aromatic nitrogens is 2. The van der Waals surface area contributed by atoms with Gasteiger partial charge in [0.2, 0.25) is 0 Å². The SMILES string of the molecule is CN1CCC(CNc2ccc(CNc3cc(Cl)c4cnccc4c3)cn2)CC1. The Morgan fingerprint density at radius 3 is 2.75 bits per heavy atom. The van der Waals surface area contributed by atoms with Crippen molar-refractivity contribution in [1.29, 1.82) is 0 Å². The Kier molecular flexibility index (Phi) is 5.93. The number of hydrogen-bond donors (Lipinski definition) is 2. The standard InChI is InChI=1S/C22H26ClN5/c1-28-8-5-16(6-9-28)12-26-22-3-2-17(14-27-22)13-25-19-10-18-4-7-24-15-20(18)21(23)11-19/h2-4,7,10-11,14-16,25H,5-6,8-9,12-13H2,1H3,(H,26,27). The van der Waals surface area contributed by atoms with Gasteiger partial charge in [0, 0.05) is 42.8 Å². The van der Waals surface area contributed by atoms with Crippen LogP contribution in [0.4, 0.5) is 11.5 Å². The molecule has 1 aliphatic rings. The Bertz CT molecular complexity index is 920. The van der Waals surface area contributed by atoms with Crippen LogP contribution in [-0.4, -0.2) is 41.5 Å². The number of nitrogens with zero attached hydrogens (tertiary/aromatic N) is 3. The zero-order valence-electron chi connectivity index (χ0n) is 16.2. The molecule has 0 unspecified atom stereocenters. The zero-order chi connectivity index (χ0) is 19.3. The van der Waals surface area contributed by atoms with Gasteiger partial charge in [-0.3, -0.25) is 4.98 Å². The molecule has 3 heterocycles. The molecule has 0 atom stereocenters. The predicted molar refractivity (Wildman–Crippen MR) is 117 cm³/mol. The van der Waals surface area contributed by atoms with Crippen molar-refractivity contribution in [3.63, 3.8) is 0 Å². The molecule has 146 valence electrons. The summed E-state index contributed by atoms with van der Waals surface area (Å²) >= 11 is 6.37. The van der Waals surface area contributed by atoms with Gasteiger partial charge in [0.1, 0.15) is 5.82 Å². The summed E-state index contributed by atoms with van der Waals surface area (Å²) < 4.78 is 0. The van der Waals surface area contributed by atoms with Crippen molar-refractivity contribution in [2.75, 3.05) is 37.3 Å². The minimum atomic E-state index is 0.704. The van der Waals surface area contributed by atoms with E-state index in [0.717, 1.165) is 40.3 Å². The van der Waals surface area contributed by atoms with Crippen LogP contribution < -0.4 is 10.6 Å². The number of fused-ring (bicyclic) bond motifs is 1. The fraction of sp³-hybridized carbons (Fsp3) is 0.364. The van der Waals surface area contributed by atoms with Crippen LogP contribution in [0, 0.1) is 5.92 Å². The Morgan fingerprint density at radius 1 is 1.11 bits per heavy atom. The number of rotatable bonds is 6. The lowest BCUT2D eigenvalue weighted by molar-refractivity contribution is 0.226. The molecule has 5 nitrogen and oxygen atoms in total. The topological polar surface area (TPSA) is 53.1 Å². The molecule has 0 amide bonds. The molecule has 2 aromatic heterocycles. The van der Waals surface area contributed by atoms with Gasteiger partial charge in [0.25, 0.3) is 0 Å². The third kappa shape index (κ3) is 4.72. The average Bonchev–Trinajstić information content (AvgIpc) is 2.73. The first-order valence-corrected chi connectivity index (χ1v) is 10.2. The van der Waals surface area contributed by atoms with E-state index >= 15 is 0 Å². The van der Waals surface area contributed by atoms with Crippen LogP contribution >= 0.6 is 11.6 Å². The van der Waals surface area contributed by atoms with Crippen molar-refractivity contribution < 1.29 is 0 Å². The first-order valence-electron chi connectivity index (χ1n) is 9.82. The maximum atomic E-state index is 6.37. The minimum Gasteiger partial charge on any atom is -0.381 e. The van der Waals surface area contributed by atoms with Crippen molar-refractivity contribution in [2.24, 2.45) is 5.92 Å². The highest BCUT2D eigenvalue weighted by atomic mass is 35.5. The molecular weight excluding hydrogens is 370 g/mol. The van der Waals surface area contributed by atoms with Crippen LogP contribution in [0.1, 0.15) is 18.4 Å². The second-order valence-corrected chi connectivity index (χ2v) is 7.99. The van der Waals surface area contributed by atoms with Gasteiger partial charge in [-0.1, -0.05) is 17.7 Å². The second kappa shape index (κ2) is 8.76. The number of nitrogens with one attached hydrogen (secondary N) is 2. The van der Waals surface area contributed by atoms with Gasteiger partial charge in [-0.05, 0) is 74.1 Å². The summed E-state index contributed by atoms with van der Waals surface area (Å²) in [5.41, 5.74) is 2.13. The summed E-state index contributed by atoms with van der Waals surface area (Å²) in [6.07, 6.45) is 8.02. The molecule has 0 radical (unpaired) electrons. The molecular formula is C22H26ClN5. The van der Waals surface area contributed by atoms with E-state index in [0.29, 0.717) is 11.6 Å². The highest BCUT2D eigenvalue weighted by Gasteiger charge is 2.16. The summed E-state index contributed by atoms with van der Waals surface area (Å²) in [4.78, 5) is 11.1. The Balaban J connectivity index is 1.31. The Morgan fingerprint density at radius 2 is 1.96 bits per heavy atom. The molecule has 6 heteroatoms. The van der Waals surface area contributed by atoms with Crippen LogP contribution in [0.2, 0.25) is 5.02 Å². The van der Waals surface area contributed by atoms with Crippen LogP contribution in [0.3, 0.4) is 0 Å². The molecule has 0 saturated carbocycles. The molecule has 3 aromatic rings. The molecule has 0 bridgehead atoms. The van der Waals surface area contributed by atoms with Crippen LogP contribution in [0.25, 0.3) is 10.8 Å². The van der Waals surface area contributed by atoms with Crippen molar-refractivity contribution in [2.45, 2.75) is 19.4 Å². The normalized spacial score (nSPS) is 15.6. The van der Waals surface area contributed by atoms with Gasteiger partial charge in [-0.15, -0.1) is 0 Å². The van der Waals surface area contributed by atoms with Crippen molar-refractivity contribution >= 4 is 33.9 Å². The van der Waals surface area contributed by atoms with Crippen molar-refractivity contribution in [1.82, 2.24) is 14.9 Å². The van der Waals surface area contributed by atoms with Crippen LogP contribution in [0.15, 0.2) is 48.9 Å². The lowest BCUT2D eigenvalue weighted by Crippen LogP contribution is -2.33. The highest BCUT2D eigenvalue weighted by Crippen LogP contribution is 2.27. The molecule has 0 aliphatic carbocycles. The van der Waals surface area contributed by atoms with Gasteiger partial charge < -0.3 is 15.5 Å². The second-order valence-electron chi connectivity index (χ2n) is 7.59. The quantitative estimate of drug-likeness (QED) is 0.636. The lowest BCUT2D eigenvalue weighted by Gasteiger charge is -2.29. The fourth-order valence-electron chi connectivity index (χ4n) is 3.61. The number of benzene rings is 1. The highest BCUT2D eigenvalue weighted by molar-refractivity contribution is 6.35. The smallest absolute Gasteiger partial charge is 0.125 e. The molecule has 28 heavy (non-hydrogen) atoms. The van der Waals surface area contributed by atoms with Crippen LogP contribution in [-0.2, 0) is 6.54 Å². The van der Waals surface area contributed by atoms with Gasteiger partial charge in [0.05, 0.1) is 5.02 Å². The number of pyridine rings is 2. The number of likely N-dealkylation sites (tertiary alicyclic amines) is 1. The van der Waals surface area contributed by atoms with Crippen molar-refractivity contribution in [3.8, 4) is 0 Å². The number of halogens is 1. The molecule has 1 aliphatic heterocycles. The van der Waals surface area contributed by atoms with Gasteiger partial charge >= 0.3 is 0 Å². The summed E-state index contributed by atoms with van der Waals surface area (Å²) in [6.45, 7) is 4.09. The van der Waals surface area contributed by atoms with E-state index in [1.54, 1.807) is 12.4 Å². The monoisotopic (exact) mass is 395 g/mol. The lowest BCUT2D eigenvalue weighted by atomic mass is 9.97. The number of anilines is 2. The summed E-state index contributed by atoms with van der Waals surface area (Å²) in [6, 6.07) is 10.2. The Hall–Kier alpha value is -2.37. The van der Waals surface area contributed by atoms with E-state index in [1.807, 2.05) is 18.3 Å². The third-order valence-corrected chi connectivity index (χ3v) is 5.75. The van der Waals surface area contributed by atoms with E-state index in [4.69, 9.17) is 11.6 Å². The zero-order valence-corrected chi connectivity index (χ0v) is 16.9. The first-order chi connectivity index (χ1) is 13.7. The predicted octanol–water partition coefficient (Wildman–Crippen LogP) is 4.65. The fourth-order valence-corrected chi connectivity index (χ4v) is 3.88. The molecule has 4 rings (SSSR count). The van der Waals surface area contributed by atoms with E-state index in [2.05, 4.69) is 50.7 Å². The first kappa shape index (κ1) is 19.0. The number of piperidine rings is 1. The third-order valence-electron chi connectivity index (χ3n) is 5.44. The van der Waals surface area contributed by atoms with E-state index in [-0.39, 0.29) is 0 Å². The van der Waals surface area contributed by atoms with E-state index < -0.39 is 0 Å². The summed E-state index contributed by atoms with van der Waals surface area (Å²) in [7, 11) is 2.20. The maximum absolute atomic E-state index is 6.37. The average molecular weight is 396 g/mol. The van der Waals surface area contributed by atoms with E-state index in [1.165, 1.54) is 25.9 Å². The molecule has 1 fully saturated rings. The maximum Gasteiger partial charge on any atom is 0.125 e. The molecule has 1 saturated heterocycles. The Labute approximate surface area is 171 Å². The van der Waals surface area contributed by atoms with Crippen molar-refractivity contribution in [3.05, 3.63) is 59.5 Å².